The molecule has 1 saturated carbocycles. The van der Waals surface area contributed by atoms with Crippen molar-refractivity contribution in [2.75, 3.05) is 6.54 Å². The fraction of sp³-hybridized carbons (Fsp3) is 1.00. The van der Waals surface area contributed by atoms with Crippen molar-refractivity contribution >= 4 is 12.4 Å². The molecule has 0 aromatic heterocycles. The van der Waals surface area contributed by atoms with E-state index >= 15 is 0 Å². The summed E-state index contributed by atoms with van der Waals surface area (Å²) in [5, 5.41) is 0. The van der Waals surface area contributed by atoms with Crippen molar-refractivity contribution in [3.05, 3.63) is 0 Å². The van der Waals surface area contributed by atoms with Gasteiger partial charge in [-0.1, -0.05) is 0 Å². The van der Waals surface area contributed by atoms with E-state index in [1.54, 1.807) is 0 Å². The Morgan fingerprint density at radius 3 is 2.27 bits per heavy atom. The van der Waals surface area contributed by atoms with Gasteiger partial charge in [-0.15, -0.1) is 12.4 Å². The van der Waals surface area contributed by atoms with Gasteiger partial charge in [-0.3, -0.25) is 0 Å². The van der Waals surface area contributed by atoms with Crippen LogP contribution in [-0.2, 0) is 0 Å². The number of nitrogens with two attached hydrogens (primary N) is 1. The molecule has 0 spiro atoms. The zero-order chi connectivity index (χ0) is 7.56. The summed E-state index contributed by atoms with van der Waals surface area (Å²) < 4.78 is 23.7. The molecule has 0 aromatic rings. The monoisotopic (exact) mass is 185 g/mol. The van der Waals surface area contributed by atoms with Gasteiger partial charge < -0.3 is 5.73 Å². The molecule has 0 heterocycles. The quantitative estimate of drug-likeness (QED) is 0.716. The second-order valence-electron chi connectivity index (χ2n) is 3.01. The van der Waals surface area contributed by atoms with Gasteiger partial charge in [0.05, 0.1) is 0 Å². The summed E-state index contributed by atoms with van der Waals surface area (Å²) in [6.07, 6.45) is 0.196. The molecule has 0 aromatic carbocycles. The normalized spacial score (nSPS) is 29.5. The van der Waals surface area contributed by atoms with E-state index < -0.39 is 6.43 Å². The standard InChI is InChI=1S/C7H13F2N.ClH/c8-7(9)6-3-5(4-6)1-2-10;/h5-7H,1-4,10H2;1H. The third-order valence-corrected chi connectivity index (χ3v) is 2.20. The number of rotatable bonds is 3. The molecule has 2 N–H and O–H groups in total. The summed E-state index contributed by atoms with van der Waals surface area (Å²) in [7, 11) is 0. The van der Waals surface area contributed by atoms with Crippen LogP contribution in [0.4, 0.5) is 8.78 Å². The van der Waals surface area contributed by atoms with Crippen LogP contribution in [0, 0.1) is 11.8 Å². The fourth-order valence-electron chi connectivity index (χ4n) is 1.46. The molecule has 1 fully saturated rings. The highest BCUT2D eigenvalue weighted by Gasteiger charge is 2.34. The Bertz CT molecular complexity index is 105. The third kappa shape index (κ3) is 2.91. The van der Waals surface area contributed by atoms with Crippen molar-refractivity contribution in [3.8, 4) is 0 Å². The van der Waals surface area contributed by atoms with Crippen molar-refractivity contribution < 1.29 is 8.78 Å². The maximum Gasteiger partial charge on any atom is 0.241 e. The molecule has 0 bridgehead atoms. The zero-order valence-corrected chi connectivity index (χ0v) is 7.12. The first-order chi connectivity index (χ1) is 4.74. The highest BCUT2D eigenvalue weighted by Crippen LogP contribution is 2.39. The average molecular weight is 186 g/mol. The minimum absolute atomic E-state index is 0. The Hall–Kier alpha value is 0.110. The second kappa shape index (κ2) is 4.88. The van der Waals surface area contributed by atoms with Crippen LogP contribution in [0.2, 0.25) is 0 Å². The van der Waals surface area contributed by atoms with E-state index in [-0.39, 0.29) is 18.3 Å². The molecule has 0 amide bonds. The van der Waals surface area contributed by atoms with Gasteiger partial charge in [0.25, 0.3) is 0 Å². The lowest BCUT2D eigenvalue weighted by molar-refractivity contribution is 0.00109. The van der Waals surface area contributed by atoms with Gasteiger partial charge in [0.2, 0.25) is 6.43 Å². The summed E-state index contributed by atoms with van der Waals surface area (Å²) in [4.78, 5) is 0. The van der Waals surface area contributed by atoms with Crippen LogP contribution in [-0.4, -0.2) is 13.0 Å². The first-order valence-electron chi connectivity index (χ1n) is 3.72. The molecule has 0 saturated heterocycles. The van der Waals surface area contributed by atoms with Crippen LogP contribution >= 0.6 is 12.4 Å². The predicted octanol–water partition coefficient (Wildman–Crippen LogP) is 2.05. The Balaban J connectivity index is 0.000001000. The topological polar surface area (TPSA) is 26.0 Å². The SMILES string of the molecule is Cl.NCCC1CC(C(F)F)C1. The highest BCUT2D eigenvalue weighted by molar-refractivity contribution is 5.85. The highest BCUT2D eigenvalue weighted by atomic mass is 35.5. The van der Waals surface area contributed by atoms with Crippen molar-refractivity contribution in [3.63, 3.8) is 0 Å². The van der Waals surface area contributed by atoms with E-state index in [0.717, 1.165) is 6.42 Å². The Morgan fingerprint density at radius 1 is 1.36 bits per heavy atom. The molecule has 1 aliphatic carbocycles. The molecule has 68 valence electrons. The van der Waals surface area contributed by atoms with Gasteiger partial charge in [0, 0.05) is 5.92 Å². The zero-order valence-electron chi connectivity index (χ0n) is 6.30. The van der Waals surface area contributed by atoms with Gasteiger partial charge in [0.15, 0.2) is 0 Å². The number of alkyl halides is 2. The molecular weight excluding hydrogens is 172 g/mol. The number of halogens is 3. The predicted molar refractivity (Wildman–Crippen MR) is 43.1 cm³/mol. The van der Waals surface area contributed by atoms with Crippen molar-refractivity contribution in [1.29, 1.82) is 0 Å². The van der Waals surface area contributed by atoms with E-state index in [1.165, 1.54) is 0 Å². The molecule has 0 unspecified atom stereocenters. The number of hydrogen-bond donors (Lipinski definition) is 1. The van der Waals surface area contributed by atoms with Gasteiger partial charge in [-0.2, -0.15) is 0 Å². The van der Waals surface area contributed by atoms with Crippen LogP contribution in [0.1, 0.15) is 19.3 Å². The van der Waals surface area contributed by atoms with Gasteiger partial charge >= 0.3 is 0 Å². The smallest absolute Gasteiger partial charge is 0.241 e. The summed E-state index contributed by atoms with van der Waals surface area (Å²) in [5.41, 5.74) is 5.27. The molecule has 1 aliphatic rings. The molecule has 11 heavy (non-hydrogen) atoms. The maximum absolute atomic E-state index is 11.9. The molecule has 0 aliphatic heterocycles. The van der Waals surface area contributed by atoms with Crippen LogP contribution in [0.15, 0.2) is 0 Å². The maximum atomic E-state index is 11.9. The average Bonchev–Trinajstić information content (AvgIpc) is 1.76. The summed E-state index contributed by atoms with van der Waals surface area (Å²) in [6.45, 7) is 0.640. The van der Waals surface area contributed by atoms with E-state index in [9.17, 15) is 8.78 Å². The molecular formula is C7H14ClF2N. The van der Waals surface area contributed by atoms with E-state index in [2.05, 4.69) is 0 Å². The Labute approximate surface area is 71.7 Å². The molecule has 0 radical (unpaired) electrons. The molecule has 1 rings (SSSR count). The van der Waals surface area contributed by atoms with Gasteiger partial charge in [-0.05, 0) is 31.7 Å². The van der Waals surface area contributed by atoms with Crippen molar-refractivity contribution in [2.45, 2.75) is 25.7 Å². The summed E-state index contributed by atoms with van der Waals surface area (Å²) in [5.74, 6) is 0.167. The first kappa shape index (κ1) is 11.1. The van der Waals surface area contributed by atoms with E-state index in [4.69, 9.17) is 5.73 Å². The minimum Gasteiger partial charge on any atom is -0.330 e. The fourth-order valence-corrected chi connectivity index (χ4v) is 1.46. The van der Waals surface area contributed by atoms with Crippen molar-refractivity contribution in [2.24, 2.45) is 17.6 Å². The Morgan fingerprint density at radius 2 is 1.91 bits per heavy atom. The first-order valence-corrected chi connectivity index (χ1v) is 3.72. The lowest BCUT2D eigenvalue weighted by Crippen LogP contribution is -2.30. The van der Waals surface area contributed by atoms with E-state index in [0.29, 0.717) is 25.3 Å². The largest absolute Gasteiger partial charge is 0.330 e. The van der Waals surface area contributed by atoms with Crippen LogP contribution in [0.25, 0.3) is 0 Å². The lowest BCUT2D eigenvalue weighted by Gasteiger charge is -2.34. The number of hydrogen-bond acceptors (Lipinski definition) is 1. The molecule has 0 atom stereocenters. The molecule has 4 heteroatoms. The molecule has 1 nitrogen and oxygen atoms in total. The summed E-state index contributed by atoms with van der Waals surface area (Å²) >= 11 is 0. The van der Waals surface area contributed by atoms with E-state index in [1.807, 2.05) is 0 Å². The second-order valence-corrected chi connectivity index (χ2v) is 3.01. The lowest BCUT2D eigenvalue weighted by atomic mass is 9.73. The minimum atomic E-state index is -2.10. The Kier molecular flexibility index (Phi) is 4.93. The summed E-state index contributed by atoms with van der Waals surface area (Å²) in [6, 6.07) is 0. The third-order valence-electron chi connectivity index (χ3n) is 2.20. The van der Waals surface area contributed by atoms with Gasteiger partial charge in [0.1, 0.15) is 0 Å². The van der Waals surface area contributed by atoms with Crippen molar-refractivity contribution in [1.82, 2.24) is 0 Å². The van der Waals surface area contributed by atoms with Gasteiger partial charge in [-0.25, -0.2) is 8.78 Å². The van der Waals surface area contributed by atoms with Crippen LogP contribution in [0.5, 0.6) is 0 Å². The van der Waals surface area contributed by atoms with Crippen LogP contribution in [0.3, 0.4) is 0 Å². The van der Waals surface area contributed by atoms with Crippen LogP contribution < -0.4 is 5.73 Å².